The van der Waals surface area contributed by atoms with Crippen LogP contribution >= 0.6 is 0 Å². The van der Waals surface area contributed by atoms with Crippen molar-refractivity contribution in [1.29, 1.82) is 0 Å². The van der Waals surface area contributed by atoms with Crippen molar-refractivity contribution in [3.05, 3.63) is 59.2 Å². The molecule has 2 aromatic heterocycles. The Hall–Kier alpha value is -3.81. The van der Waals surface area contributed by atoms with E-state index in [1.165, 1.54) is 17.7 Å². The van der Waals surface area contributed by atoms with Gasteiger partial charge in [-0.1, -0.05) is 25.1 Å². The zero-order valence-corrected chi connectivity index (χ0v) is 14.5. The Morgan fingerprint density at radius 1 is 1.22 bits per heavy atom. The summed E-state index contributed by atoms with van der Waals surface area (Å²) in [6.07, 6.45) is 2.50. The summed E-state index contributed by atoms with van der Waals surface area (Å²) in [6.45, 7) is 2.11. The number of anilines is 1. The third-order valence-corrected chi connectivity index (χ3v) is 4.22. The topological polar surface area (TPSA) is 116 Å². The molecule has 2 heterocycles. The first-order chi connectivity index (χ1) is 13.1. The SMILES string of the molecule is CCc1ccc2[nH]c3nc(N/N=C/c4ccc(C(=O)O)cc4)nnc3c2c1. The molecule has 0 aliphatic heterocycles. The van der Waals surface area contributed by atoms with Gasteiger partial charge in [0.2, 0.25) is 0 Å². The lowest BCUT2D eigenvalue weighted by Gasteiger charge is -1.98. The summed E-state index contributed by atoms with van der Waals surface area (Å²) < 4.78 is 0. The summed E-state index contributed by atoms with van der Waals surface area (Å²) >= 11 is 0. The van der Waals surface area contributed by atoms with Crippen LogP contribution in [0.4, 0.5) is 5.95 Å². The summed E-state index contributed by atoms with van der Waals surface area (Å²) in [5, 5.41) is 22.3. The van der Waals surface area contributed by atoms with Crippen LogP contribution in [0.25, 0.3) is 22.1 Å². The van der Waals surface area contributed by atoms with Crippen LogP contribution in [0.3, 0.4) is 0 Å². The molecular formula is C19H16N6O2. The largest absolute Gasteiger partial charge is 0.478 e. The number of rotatable bonds is 5. The van der Waals surface area contributed by atoms with Gasteiger partial charge in [0.25, 0.3) is 5.95 Å². The van der Waals surface area contributed by atoms with Crippen molar-refractivity contribution < 1.29 is 9.90 Å². The predicted molar refractivity (Wildman–Crippen MR) is 103 cm³/mol. The zero-order valence-electron chi connectivity index (χ0n) is 14.5. The summed E-state index contributed by atoms with van der Waals surface area (Å²) in [5.41, 5.74) is 7.26. The van der Waals surface area contributed by atoms with Crippen molar-refractivity contribution >= 4 is 40.2 Å². The Morgan fingerprint density at radius 2 is 2.04 bits per heavy atom. The van der Waals surface area contributed by atoms with Crippen molar-refractivity contribution in [2.45, 2.75) is 13.3 Å². The fourth-order valence-electron chi connectivity index (χ4n) is 2.76. The second-order valence-corrected chi connectivity index (χ2v) is 5.99. The minimum Gasteiger partial charge on any atom is -0.478 e. The molecule has 8 heteroatoms. The highest BCUT2D eigenvalue weighted by atomic mass is 16.4. The molecule has 0 aliphatic rings. The van der Waals surface area contributed by atoms with Gasteiger partial charge in [0, 0.05) is 10.9 Å². The minimum atomic E-state index is -0.964. The first kappa shape index (κ1) is 16.6. The molecule has 0 amide bonds. The van der Waals surface area contributed by atoms with E-state index in [-0.39, 0.29) is 11.5 Å². The number of carboxylic acids is 1. The summed E-state index contributed by atoms with van der Waals surface area (Å²) in [4.78, 5) is 18.5. The molecule has 134 valence electrons. The van der Waals surface area contributed by atoms with E-state index >= 15 is 0 Å². The van der Waals surface area contributed by atoms with E-state index < -0.39 is 5.97 Å². The third kappa shape index (κ3) is 3.32. The number of aromatic nitrogens is 4. The van der Waals surface area contributed by atoms with Crippen molar-refractivity contribution in [2.24, 2.45) is 5.10 Å². The van der Waals surface area contributed by atoms with Crippen LogP contribution in [0.2, 0.25) is 0 Å². The third-order valence-electron chi connectivity index (χ3n) is 4.22. The lowest BCUT2D eigenvalue weighted by Crippen LogP contribution is -1.99. The highest BCUT2D eigenvalue weighted by Gasteiger charge is 2.09. The van der Waals surface area contributed by atoms with Crippen molar-refractivity contribution in [1.82, 2.24) is 20.2 Å². The van der Waals surface area contributed by atoms with E-state index in [1.54, 1.807) is 18.3 Å². The zero-order chi connectivity index (χ0) is 18.8. The number of hydrogen-bond donors (Lipinski definition) is 3. The number of H-pyrrole nitrogens is 1. The van der Waals surface area contributed by atoms with Gasteiger partial charge in [-0.15, -0.1) is 10.2 Å². The summed E-state index contributed by atoms with van der Waals surface area (Å²) in [5.74, 6) is -0.697. The Bertz CT molecular complexity index is 1160. The van der Waals surface area contributed by atoms with Gasteiger partial charge in [0.1, 0.15) is 5.52 Å². The van der Waals surface area contributed by atoms with Gasteiger partial charge in [-0.05, 0) is 41.8 Å². The molecule has 0 aliphatic carbocycles. The molecule has 0 unspecified atom stereocenters. The van der Waals surface area contributed by atoms with Gasteiger partial charge >= 0.3 is 5.97 Å². The molecule has 0 atom stereocenters. The number of carboxylic acid groups (broad SMARTS) is 1. The van der Waals surface area contributed by atoms with Crippen LogP contribution in [0.1, 0.15) is 28.4 Å². The average Bonchev–Trinajstić information content (AvgIpc) is 3.05. The Kier molecular flexibility index (Phi) is 4.21. The predicted octanol–water partition coefficient (Wildman–Crippen LogP) is 3.21. The number of nitrogens with zero attached hydrogens (tertiary/aromatic N) is 4. The van der Waals surface area contributed by atoms with Crippen LogP contribution in [-0.2, 0) is 6.42 Å². The molecule has 4 aromatic rings. The lowest BCUT2D eigenvalue weighted by molar-refractivity contribution is 0.0697. The van der Waals surface area contributed by atoms with Gasteiger partial charge in [-0.2, -0.15) is 10.1 Å². The van der Waals surface area contributed by atoms with Gasteiger partial charge in [0.15, 0.2) is 5.65 Å². The van der Waals surface area contributed by atoms with Gasteiger partial charge in [-0.25, -0.2) is 10.2 Å². The average molecular weight is 360 g/mol. The molecule has 0 bridgehead atoms. The van der Waals surface area contributed by atoms with E-state index in [1.807, 2.05) is 6.07 Å². The second kappa shape index (κ2) is 6.83. The van der Waals surface area contributed by atoms with E-state index in [9.17, 15) is 4.79 Å². The number of aryl methyl sites for hydroxylation is 1. The quantitative estimate of drug-likeness (QED) is 0.372. The molecular weight excluding hydrogens is 344 g/mol. The van der Waals surface area contributed by atoms with E-state index in [4.69, 9.17) is 5.11 Å². The van der Waals surface area contributed by atoms with Crippen LogP contribution in [0.5, 0.6) is 0 Å². The maximum atomic E-state index is 10.8. The van der Waals surface area contributed by atoms with Crippen molar-refractivity contribution in [3.63, 3.8) is 0 Å². The smallest absolute Gasteiger partial charge is 0.335 e. The summed E-state index contributed by atoms with van der Waals surface area (Å²) in [7, 11) is 0. The van der Waals surface area contributed by atoms with Crippen molar-refractivity contribution in [2.75, 3.05) is 5.43 Å². The molecule has 27 heavy (non-hydrogen) atoms. The molecule has 3 N–H and O–H groups in total. The monoisotopic (exact) mass is 360 g/mol. The molecule has 8 nitrogen and oxygen atoms in total. The number of nitrogens with one attached hydrogen (secondary N) is 2. The van der Waals surface area contributed by atoms with Crippen LogP contribution in [0, 0.1) is 0 Å². The molecule has 0 spiro atoms. The minimum absolute atomic E-state index is 0.225. The number of fused-ring (bicyclic) bond motifs is 3. The van der Waals surface area contributed by atoms with E-state index in [0.29, 0.717) is 5.65 Å². The van der Waals surface area contributed by atoms with Gasteiger partial charge in [-0.3, -0.25) is 0 Å². The maximum absolute atomic E-state index is 10.8. The number of hydrogen-bond acceptors (Lipinski definition) is 6. The molecule has 4 rings (SSSR count). The van der Waals surface area contributed by atoms with Crippen LogP contribution in [-0.4, -0.2) is 37.5 Å². The van der Waals surface area contributed by atoms with Gasteiger partial charge < -0.3 is 10.1 Å². The fourth-order valence-corrected chi connectivity index (χ4v) is 2.76. The molecule has 0 radical (unpaired) electrons. The number of hydrazone groups is 1. The number of aromatic carboxylic acids is 1. The summed E-state index contributed by atoms with van der Waals surface area (Å²) in [6, 6.07) is 12.6. The second-order valence-electron chi connectivity index (χ2n) is 5.99. The Labute approximate surface area is 154 Å². The lowest BCUT2D eigenvalue weighted by atomic mass is 10.1. The van der Waals surface area contributed by atoms with E-state index in [2.05, 4.69) is 49.7 Å². The van der Waals surface area contributed by atoms with Gasteiger partial charge in [0.05, 0.1) is 11.8 Å². The highest BCUT2D eigenvalue weighted by molar-refractivity contribution is 6.03. The number of benzene rings is 2. The van der Waals surface area contributed by atoms with E-state index in [0.717, 1.165) is 28.4 Å². The number of aromatic amines is 1. The maximum Gasteiger partial charge on any atom is 0.335 e. The highest BCUT2D eigenvalue weighted by Crippen LogP contribution is 2.23. The fraction of sp³-hybridized carbons (Fsp3) is 0.105. The normalized spacial score (nSPS) is 11.4. The number of carbonyl (C=O) groups is 1. The van der Waals surface area contributed by atoms with Crippen molar-refractivity contribution in [3.8, 4) is 0 Å². The first-order valence-electron chi connectivity index (χ1n) is 8.41. The molecule has 2 aromatic carbocycles. The molecule has 0 saturated heterocycles. The Morgan fingerprint density at radius 3 is 2.78 bits per heavy atom. The van der Waals surface area contributed by atoms with Crippen LogP contribution < -0.4 is 5.43 Å². The first-order valence-corrected chi connectivity index (χ1v) is 8.41. The standard InChI is InChI=1S/C19H16N6O2/c1-2-11-5-8-15-14(9-11)16-17(21-15)22-19(25-23-16)24-20-10-12-3-6-13(7-4-12)18(26)27/h3-10H,2H2,1H3,(H,26,27)(H2,21,22,24,25)/b20-10+. The van der Waals surface area contributed by atoms with Crippen LogP contribution in [0.15, 0.2) is 47.6 Å². The molecule has 0 fully saturated rings. The Balaban J connectivity index is 1.55. The molecule has 0 saturated carbocycles.